The zero-order valence-electron chi connectivity index (χ0n) is 64.9. The van der Waals surface area contributed by atoms with E-state index in [2.05, 4.69) is 23.3 Å². The van der Waals surface area contributed by atoms with Gasteiger partial charge in [-0.15, -0.1) is 0 Å². The first-order valence-corrected chi connectivity index (χ1v) is 42.6. The second-order valence-electron chi connectivity index (χ2n) is 34.9. The lowest BCUT2D eigenvalue weighted by molar-refractivity contribution is -0.160. The molecule has 8 aliphatic rings. The molecule has 6 heterocycles. The van der Waals surface area contributed by atoms with Crippen LogP contribution in [0.4, 0.5) is 0 Å². The van der Waals surface area contributed by atoms with E-state index in [-0.39, 0.29) is 111 Å². The average Bonchev–Trinajstić information content (AvgIpc) is 1.57. The molecule has 4 saturated carbocycles. The van der Waals surface area contributed by atoms with Crippen LogP contribution in [0, 0.1) is 58.2 Å². The molecule has 0 radical (unpaired) electrons. The molecule has 14 atom stereocenters. The predicted molar refractivity (Wildman–Crippen MR) is 419 cm³/mol. The molecule has 2 N–H and O–H groups in total. The number of ketones is 2. The summed E-state index contributed by atoms with van der Waals surface area (Å²) in [5.74, 6) is -4.96. The third-order valence-electron chi connectivity index (χ3n) is 23.6. The minimum absolute atomic E-state index is 0.0732. The van der Waals surface area contributed by atoms with Crippen LogP contribution in [0.5, 0.6) is 11.8 Å². The Balaban J connectivity index is 0.000000193. The van der Waals surface area contributed by atoms with E-state index in [1.807, 2.05) is 135 Å². The molecule has 0 bridgehead atoms. The van der Waals surface area contributed by atoms with Crippen LogP contribution >= 0.6 is 0 Å². The van der Waals surface area contributed by atoms with Gasteiger partial charge >= 0.3 is 11.9 Å². The van der Waals surface area contributed by atoms with E-state index in [0.29, 0.717) is 63.1 Å². The van der Waals surface area contributed by atoms with E-state index in [1.165, 1.54) is 0 Å². The Hall–Kier alpha value is -8.64. The third kappa shape index (κ3) is 18.0. The summed E-state index contributed by atoms with van der Waals surface area (Å²) < 4.78 is 81.1. The Morgan fingerprint density at radius 2 is 0.827 bits per heavy atom. The Bertz CT molecular complexity index is 4580. The molecular formula is C86H106N6O16S2. The lowest BCUT2D eigenvalue weighted by Crippen LogP contribution is -2.47. The minimum Gasteiger partial charge on any atom is -0.472 e. The zero-order chi connectivity index (χ0) is 78.6. The van der Waals surface area contributed by atoms with Crippen molar-refractivity contribution >= 4 is 111 Å². The highest BCUT2D eigenvalue weighted by atomic mass is 32.2. The number of esters is 2. The summed E-state index contributed by atoms with van der Waals surface area (Å²) in [7, 11) is -7.70. The summed E-state index contributed by atoms with van der Waals surface area (Å²) in [5.41, 5.74) is -2.47. The lowest BCUT2D eigenvalue weighted by atomic mass is 9.82. The summed E-state index contributed by atoms with van der Waals surface area (Å²) >= 11 is 0. The molecule has 4 aliphatic heterocycles. The molecule has 4 amide bonds. The van der Waals surface area contributed by atoms with E-state index in [9.17, 15) is 55.2 Å². The van der Waals surface area contributed by atoms with Crippen LogP contribution in [0.25, 0.3) is 43.4 Å². The maximum Gasteiger partial charge on any atom is 0.307 e. The summed E-state index contributed by atoms with van der Waals surface area (Å²) in [4.78, 5) is 126. The number of rotatable bonds is 14. The quantitative estimate of drug-likeness (QED) is 0.0581. The molecule has 6 fully saturated rings. The molecule has 110 heavy (non-hydrogen) atoms. The molecule has 0 spiro atoms. The number of benzene rings is 4. The summed E-state index contributed by atoms with van der Waals surface area (Å²) in [5, 5.41) is 4.29. The van der Waals surface area contributed by atoms with Crippen molar-refractivity contribution in [2.45, 2.75) is 231 Å². The van der Waals surface area contributed by atoms with Gasteiger partial charge < -0.3 is 28.7 Å². The molecule has 2 unspecified atom stereocenters. The smallest absolute Gasteiger partial charge is 0.307 e. The van der Waals surface area contributed by atoms with Gasteiger partial charge in [-0.05, 0) is 189 Å². The number of fused-ring (bicyclic) bond motifs is 10. The van der Waals surface area contributed by atoms with Gasteiger partial charge in [-0.25, -0.2) is 26.8 Å². The number of ether oxygens (including phenoxy) is 4. The van der Waals surface area contributed by atoms with Crippen LogP contribution < -0.4 is 18.9 Å². The fraction of sp³-hybridized carbons (Fsp3) is 0.558. The number of amides is 4. The number of allylic oxidation sites excluding steroid dienone is 4. The molecule has 4 aromatic carbocycles. The molecule has 2 aromatic heterocycles. The Labute approximate surface area is 645 Å². The molecule has 4 aliphatic carbocycles. The summed E-state index contributed by atoms with van der Waals surface area (Å²) in [6.07, 6.45) is 13.4. The third-order valence-corrected chi connectivity index (χ3v) is 27.3. The number of sulfonamides is 2. The van der Waals surface area contributed by atoms with Gasteiger partial charge in [0.05, 0.1) is 82.2 Å². The lowest BCUT2D eigenvalue weighted by Gasteiger charge is -2.32. The Morgan fingerprint density at radius 3 is 1.18 bits per heavy atom. The van der Waals surface area contributed by atoms with Gasteiger partial charge in [-0.2, -0.15) is 0 Å². The van der Waals surface area contributed by atoms with Crippen molar-refractivity contribution in [3.63, 3.8) is 0 Å². The van der Waals surface area contributed by atoms with Gasteiger partial charge in [0.1, 0.15) is 23.4 Å². The zero-order valence-corrected chi connectivity index (χ0v) is 66.5. The number of hydrogen-bond donors (Lipinski definition) is 2. The highest BCUT2D eigenvalue weighted by molar-refractivity contribution is 7.91. The standard InChI is InChI=1S/2C43H53N3O8S/c2*1-26-12-6-7-13-28-23-43(28,41(50)45-55(51,52)30-18-19-30)24-37(47)36-21-29(25-46(36)40(49)34(27(2)20-26)22-38(48)54-42(3,4)5)53-39-33-16-9-8-14-31(33)32-15-10-11-17-35(32)44-39/h2*7-11,13-17,26-30,34,36H,6,12,18-25H2,1-5H3,(H,45,50)/b2*13-7-/t26-,27+,28+,29+,34-,36?,43+;26-,27-,28-,29-,34+,36?,43-/m01/s1. The second kappa shape index (κ2) is 31.5. The maximum atomic E-state index is 14.9. The maximum absolute atomic E-state index is 14.9. The van der Waals surface area contributed by atoms with Gasteiger partial charge in [0.15, 0.2) is 11.6 Å². The highest BCUT2D eigenvalue weighted by Gasteiger charge is 2.63. The molecule has 588 valence electrons. The van der Waals surface area contributed by atoms with Gasteiger partial charge in [0, 0.05) is 47.2 Å². The SMILES string of the molecule is C[C@@H]1CC/C=C\[C@@H]2C[C@@]2(C(=O)NS(=O)(=O)C2CC2)CC(=O)C2C[C@@H](Oc3nc4ccccc4c4ccccc34)CN2C(=O)[C@@H](CC(=O)OC(C)(C)C)[C@H](C)C1.C[C@H]1CC/C=C\[C@@H]2C[C@@]2(C(=O)NS(=O)(=O)C2CC2)CC(=O)C2C[C@@H](Oc3nc4ccccc4c4ccccc34)CN2C(=O)[C@@H](CC(=O)OC(C)(C)C)[C@H](C)C1. The molecule has 6 aromatic rings. The molecule has 22 nitrogen and oxygen atoms in total. The molecule has 24 heteroatoms. The predicted octanol–water partition coefficient (Wildman–Crippen LogP) is 13.3. The van der Waals surface area contributed by atoms with Gasteiger partial charge in [0.2, 0.25) is 55.4 Å². The largest absolute Gasteiger partial charge is 0.472 e. The van der Waals surface area contributed by atoms with Crippen molar-refractivity contribution in [1.82, 2.24) is 29.2 Å². The number of carbonyl (C=O) groups is 8. The van der Waals surface area contributed by atoms with Crippen molar-refractivity contribution in [3.8, 4) is 11.8 Å². The highest BCUT2D eigenvalue weighted by Crippen LogP contribution is 2.59. The first-order chi connectivity index (χ1) is 52.1. The van der Waals surface area contributed by atoms with Crippen molar-refractivity contribution in [2.75, 3.05) is 13.1 Å². The molecule has 2 saturated heterocycles. The monoisotopic (exact) mass is 1540 g/mol. The number of nitrogens with zero attached hydrogens (tertiary/aromatic N) is 4. The number of hydrogen-bond acceptors (Lipinski definition) is 18. The topological polar surface area (TPSA) is 298 Å². The first-order valence-electron chi connectivity index (χ1n) is 39.5. The van der Waals surface area contributed by atoms with Crippen molar-refractivity contribution in [3.05, 3.63) is 121 Å². The summed E-state index contributed by atoms with van der Waals surface area (Å²) in [6, 6.07) is 29.3. The Morgan fingerprint density at radius 1 is 0.482 bits per heavy atom. The van der Waals surface area contributed by atoms with Crippen LogP contribution in [0.15, 0.2) is 121 Å². The van der Waals surface area contributed by atoms with Crippen molar-refractivity contribution in [2.24, 2.45) is 58.2 Å². The van der Waals surface area contributed by atoms with Gasteiger partial charge in [0.25, 0.3) is 0 Å². The fourth-order valence-corrected chi connectivity index (χ4v) is 20.1. The first kappa shape index (κ1) is 79.4. The number of carbonyl (C=O) groups excluding carboxylic acids is 8. The Kier molecular flexibility index (Phi) is 22.7. The number of Topliss-reactive ketones (excluding diaryl/α,β-unsaturated/α-hetero) is 2. The second-order valence-corrected chi connectivity index (χ2v) is 38.9. The van der Waals surface area contributed by atoms with Crippen molar-refractivity contribution in [1.29, 1.82) is 0 Å². The van der Waals surface area contributed by atoms with Gasteiger partial charge in [-0.3, -0.25) is 47.8 Å². The van der Waals surface area contributed by atoms with E-state index in [1.54, 1.807) is 51.3 Å². The summed E-state index contributed by atoms with van der Waals surface area (Å²) in [6.45, 7) is 19.1. The van der Waals surface area contributed by atoms with Gasteiger partial charge in [-0.1, -0.05) is 125 Å². The molecule has 14 rings (SSSR count). The van der Waals surface area contributed by atoms with E-state index < -0.39 is 112 Å². The number of pyridine rings is 2. The van der Waals surface area contributed by atoms with E-state index in [0.717, 1.165) is 69.0 Å². The number of aromatic nitrogens is 2. The number of nitrogens with one attached hydrogen (secondary N) is 2. The van der Waals surface area contributed by atoms with E-state index in [4.69, 9.17) is 28.9 Å². The van der Waals surface area contributed by atoms with Crippen molar-refractivity contribution < 1.29 is 74.1 Å². The van der Waals surface area contributed by atoms with Crippen LogP contribution in [0.1, 0.15) is 185 Å². The van der Waals surface area contributed by atoms with Crippen LogP contribution in [-0.4, -0.2) is 143 Å². The normalized spacial score (nSPS) is 29.8. The fourth-order valence-electron chi connectivity index (χ4n) is 17.3. The average molecular weight is 1540 g/mol. The van der Waals surface area contributed by atoms with Crippen LogP contribution in [0.3, 0.4) is 0 Å². The van der Waals surface area contributed by atoms with E-state index >= 15 is 0 Å². The van der Waals surface area contributed by atoms with Crippen LogP contribution in [-0.2, 0) is 67.9 Å². The minimum atomic E-state index is -3.85. The number of para-hydroxylation sites is 2. The van der Waals surface area contributed by atoms with Crippen LogP contribution in [0.2, 0.25) is 0 Å². The molecular weight excluding hydrogens is 1440 g/mol.